The fourth-order valence-electron chi connectivity index (χ4n) is 5.65. The van der Waals surface area contributed by atoms with Crippen LogP contribution in [0.5, 0.6) is 0 Å². The zero-order valence-corrected chi connectivity index (χ0v) is 15.7. The lowest BCUT2D eigenvalue weighted by molar-refractivity contribution is -0.0949. The summed E-state index contributed by atoms with van der Waals surface area (Å²) in [7, 11) is 0. The van der Waals surface area contributed by atoms with Crippen molar-refractivity contribution in [2.75, 3.05) is 19.6 Å². The van der Waals surface area contributed by atoms with E-state index in [0.29, 0.717) is 5.41 Å². The normalized spacial score (nSPS) is 36.4. The van der Waals surface area contributed by atoms with E-state index >= 15 is 0 Å². The molecule has 130 valence electrons. The first-order chi connectivity index (χ1) is 10.3. The van der Waals surface area contributed by atoms with Gasteiger partial charge >= 0.3 is 0 Å². The van der Waals surface area contributed by atoms with Crippen LogP contribution in [0.1, 0.15) is 86.0 Å². The fraction of sp³-hybridized carbons (Fsp3) is 1.00. The van der Waals surface area contributed by atoms with E-state index in [1.165, 1.54) is 64.6 Å². The Morgan fingerprint density at radius 3 is 2.00 bits per heavy atom. The lowest BCUT2D eigenvalue weighted by Crippen LogP contribution is -2.49. The Kier molecular flexibility index (Phi) is 5.65. The summed E-state index contributed by atoms with van der Waals surface area (Å²) in [4.78, 5) is 2.67. The van der Waals surface area contributed by atoms with Gasteiger partial charge in [0, 0.05) is 5.41 Å². The van der Waals surface area contributed by atoms with Crippen LogP contribution in [0.25, 0.3) is 0 Å². The van der Waals surface area contributed by atoms with Crippen LogP contribution in [0.3, 0.4) is 0 Å². The lowest BCUT2D eigenvalue weighted by atomic mass is 9.61. The first-order valence-corrected chi connectivity index (χ1v) is 9.75. The highest BCUT2D eigenvalue weighted by atomic mass is 16.3. The molecule has 1 N–H and O–H groups in total. The molecule has 22 heavy (non-hydrogen) atoms. The molecule has 0 radical (unpaired) electrons. The SMILES string of the molecule is CCCCN(CCCC)CC[C@@]12CC[C@@H](C[C@]1(C)O)C2(C)C. The molecule has 0 unspecified atom stereocenters. The van der Waals surface area contributed by atoms with Gasteiger partial charge in [0.05, 0.1) is 5.60 Å². The molecule has 3 atom stereocenters. The average molecular weight is 310 g/mol. The Hall–Kier alpha value is -0.0800. The van der Waals surface area contributed by atoms with Gasteiger partial charge in [-0.25, -0.2) is 0 Å². The highest BCUT2D eigenvalue weighted by molar-refractivity contribution is 5.18. The highest BCUT2D eigenvalue weighted by Crippen LogP contribution is 2.71. The highest BCUT2D eigenvalue weighted by Gasteiger charge is 2.68. The van der Waals surface area contributed by atoms with E-state index in [0.717, 1.165) is 12.3 Å². The second kappa shape index (κ2) is 6.81. The van der Waals surface area contributed by atoms with Gasteiger partial charge < -0.3 is 10.0 Å². The minimum atomic E-state index is -0.458. The van der Waals surface area contributed by atoms with Crippen molar-refractivity contribution in [2.24, 2.45) is 16.7 Å². The van der Waals surface area contributed by atoms with Crippen molar-refractivity contribution >= 4 is 0 Å². The van der Waals surface area contributed by atoms with Gasteiger partial charge in [-0.3, -0.25) is 0 Å². The second-order valence-electron chi connectivity index (χ2n) is 8.82. The van der Waals surface area contributed by atoms with Crippen LogP contribution in [0.4, 0.5) is 0 Å². The van der Waals surface area contributed by atoms with Crippen LogP contribution in [-0.4, -0.2) is 35.2 Å². The van der Waals surface area contributed by atoms with Crippen molar-refractivity contribution in [3.8, 4) is 0 Å². The quantitative estimate of drug-likeness (QED) is 0.657. The first-order valence-electron chi connectivity index (χ1n) is 9.75. The summed E-state index contributed by atoms with van der Waals surface area (Å²) in [6.45, 7) is 15.2. The third-order valence-electron chi connectivity index (χ3n) is 7.36. The van der Waals surface area contributed by atoms with Crippen molar-refractivity contribution in [1.82, 2.24) is 4.90 Å². The minimum absolute atomic E-state index is 0.140. The van der Waals surface area contributed by atoms with E-state index in [1.54, 1.807) is 0 Å². The second-order valence-corrected chi connectivity index (χ2v) is 8.82. The number of aliphatic hydroxyl groups is 1. The van der Waals surface area contributed by atoms with Gasteiger partial charge in [-0.15, -0.1) is 0 Å². The minimum Gasteiger partial charge on any atom is -0.390 e. The van der Waals surface area contributed by atoms with Crippen LogP contribution >= 0.6 is 0 Å². The third-order valence-corrected chi connectivity index (χ3v) is 7.36. The van der Waals surface area contributed by atoms with Gasteiger partial charge in [0.2, 0.25) is 0 Å². The molecular weight excluding hydrogens is 270 g/mol. The Morgan fingerprint density at radius 1 is 1.00 bits per heavy atom. The molecule has 0 aliphatic heterocycles. The summed E-state index contributed by atoms with van der Waals surface area (Å²) >= 11 is 0. The van der Waals surface area contributed by atoms with Crippen LogP contribution in [0.2, 0.25) is 0 Å². The van der Waals surface area contributed by atoms with Crippen molar-refractivity contribution < 1.29 is 5.11 Å². The first kappa shape index (κ1) is 18.3. The predicted octanol–water partition coefficient (Wildman–Crippen LogP) is 4.86. The summed E-state index contributed by atoms with van der Waals surface area (Å²) < 4.78 is 0. The summed E-state index contributed by atoms with van der Waals surface area (Å²) in [5, 5.41) is 11.1. The third kappa shape index (κ3) is 2.98. The fourth-order valence-corrected chi connectivity index (χ4v) is 5.65. The van der Waals surface area contributed by atoms with E-state index < -0.39 is 5.60 Å². The monoisotopic (exact) mass is 309 g/mol. The Balaban J connectivity index is 2.03. The summed E-state index contributed by atoms with van der Waals surface area (Å²) in [6.07, 6.45) is 9.91. The molecule has 0 spiro atoms. The molecule has 0 aromatic heterocycles. The maximum Gasteiger partial charge on any atom is 0.0684 e. The number of hydrogen-bond acceptors (Lipinski definition) is 2. The molecule has 2 aliphatic rings. The summed E-state index contributed by atoms with van der Waals surface area (Å²) in [5.74, 6) is 0.724. The van der Waals surface area contributed by atoms with Crippen LogP contribution in [0, 0.1) is 16.7 Å². The standard InChI is InChI=1S/C20H39NO/c1-6-8-13-21(14-9-7-2)15-12-20-11-10-17(18(20,3)4)16-19(20,5)22/h17,22H,6-16H2,1-5H3/t17-,19-,20+/m0/s1. The van der Waals surface area contributed by atoms with Crippen molar-refractivity contribution in [3.63, 3.8) is 0 Å². The van der Waals surface area contributed by atoms with Crippen LogP contribution in [0.15, 0.2) is 0 Å². The molecule has 2 heteroatoms. The van der Waals surface area contributed by atoms with E-state index in [4.69, 9.17) is 0 Å². The molecule has 0 saturated heterocycles. The Labute approximate surface area is 138 Å². The number of unbranched alkanes of at least 4 members (excludes halogenated alkanes) is 2. The zero-order valence-electron chi connectivity index (χ0n) is 15.7. The lowest BCUT2D eigenvalue weighted by Gasteiger charge is -2.47. The topological polar surface area (TPSA) is 23.5 Å². The smallest absolute Gasteiger partial charge is 0.0684 e. The summed E-state index contributed by atoms with van der Waals surface area (Å²) in [6, 6.07) is 0. The predicted molar refractivity (Wildman–Crippen MR) is 95.1 cm³/mol. The molecule has 0 heterocycles. The van der Waals surface area contributed by atoms with E-state index in [-0.39, 0.29) is 5.41 Å². The molecule has 2 bridgehead atoms. The van der Waals surface area contributed by atoms with Gasteiger partial charge in [0.25, 0.3) is 0 Å². The Bertz CT molecular complexity index is 355. The maximum absolute atomic E-state index is 11.1. The number of rotatable bonds is 9. The number of hydrogen-bond donors (Lipinski definition) is 1. The molecular formula is C20H39NO. The number of fused-ring (bicyclic) bond motifs is 2. The molecule has 2 aliphatic carbocycles. The average Bonchev–Trinajstić information content (AvgIpc) is 2.78. The van der Waals surface area contributed by atoms with Crippen LogP contribution < -0.4 is 0 Å². The van der Waals surface area contributed by atoms with Gasteiger partial charge in [-0.05, 0) is 76.4 Å². The van der Waals surface area contributed by atoms with Gasteiger partial charge in [0.1, 0.15) is 0 Å². The van der Waals surface area contributed by atoms with Gasteiger partial charge in [0.15, 0.2) is 0 Å². The molecule has 0 aromatic rings. The molecule has 2 nitrogen and oxygen atoms in total. The molecule has 2 fully saturated rings. The molecule has 0 aromatic carbocycles. The van der Waals surface area contributed by atoms with Crippen molar-refractivity contribution in [1.29, 1.82) is 0 Å². The van der Waals surface area contributed by atoms with Gasteiger partial charge in [-0.1, -0.05) is 40.5 Å². The van der Waals surface area contributed by atoms with Gasteiger partial charge in [-0.2, -0.15) is 0 Å². The summed E-state index contributed by atoms with van der Waals surface area (Å²) in [5.41, 5.74) is -0.0143. The van der Waals surface area contributed by atoms with E-state index in [2.05, 4.69) is 39.5 Å². The number of nitrogens with zero attached hydrogens (tertiary/aromatic N) is 1. The largest absolute Gasteiger partial charge is 0.390 e. The van der Waals surface area contributed by atoms with E-state index in [1.807, 2.05) is 0 Å². The maximum atomic E-state index is 11.1. The Morgan fingerprint density at radius 2 is 1.59 bits per heavy atom. The van der Waals surface area contributed by atoms with Crippen molar-refractivity contribution in [2.45, 2.75) is 91.6 Å². The molecule has 0 amide bonds. The molecule has 2 rings (SSSR count). The molecule has 2 saturated carbocycles. The van der Waals surface area contributed by atoms with Crippen LogP contribution in [-0.2, 0) is 0 Å². The van der Waals surface area contributed by atoms with E-state index in [9.17, 15) is 5.11 Å². The van der Waals surface area contributed by atoms with Crippen molar-refractivity contribution in [3.05, 3.63) is 0 Å². The zero-order chi connectivity index (χ0) is 16.4.